The Morgan fingerprint density at radius 3 is 2.27 bits per heavy atom. The van der Waals surface area contributed by atoms with Gasteiger partial charge in [-0.05, 0) is 79.1 Å². The van der Waals surface area contributed by atoms with Crippen LogP contribution in [0.15, 0.2) is 65.6 Å². The van der Waals surface area contributed by atoms with E-state index in [0.717, 1.165) is 5.56 Å². The van der Waals surface area contributed by atoms with E-state index in [4.69, 9.17) is 5.73 Å². The van der Waals surface area contributed by atoms with Gasteiger partial charge in [0.05, 0.1) is 0 Å². The number of hydrogen-bond acceptors (Lipinski definition) is 4. The normalized spacial score (nSPS) is 15.7. The highest BCUT2D eigenvalue weighted by molar-refractivity contribution is 7.97. The molecule has 0 radical (unpaired) electrons. The number of rotatable bonds is 6. The first-order valence-corrected chi connectivity index (χ1v) is 11.8. The summed E-state index contributed by atoms with van der Waals surface area (Å²) in [6, 6.07) is 19.5. The highest BCUT2D eigenvalue weighted by Gasteiger charge is 2.32. The molecule has 0 saturated carbocycles. The van der Waals surface area contributed by atoms with E-state index >= 15 is 0 Å². The van der Waals surface area contributed by atoms with Crippen LogP contribution in [0, 0.1) is 20.8 Å². The zero-order valence-electron chi connectivity index (χ0n) is 19.2. The average Bonchev–Trinajstić information content (AvgIpc) is 2.79. The predicted molar refractivity (Wildman–Crippen MR) is 133 cm³/mol. The van der Waals surface area contributed by atoms with Crippen LogP contribution in [0.25, 0.3) is 0 Å². The third-order valence-electron chi connectivity index (χ3n) is 6.03. The van der Waals surface area contributed by atoms with Gasteiger partial charge in [0.2, 0.25) is 11.8 Å². The molecule has 4 rings (SSSR count). The monoisotopic (exact) mass is 459 g/mol. The van der Waals surface area contributed by atoms with Crippen LogP contribution in [0.3, 0.4) is 0 Å². The van der Waals surface area contributed by atoms with Crippen LogP contribution in [0.2, 0.25) is 0 Å². The molecule has 33 heavy (non-hydrogen) atoms. The Bertz CT molecular complexity index is 1170. The lowest BCUT2D eigenvalue weighted by atomic mass is 9.95. The molecule has 0 fully saturated rings. The predicted octanol–water partition coefficient (Wildman–Crippen LogP) is 4.46. The Morgan fingerprint density at radius 1 is 1.00 bits per heavy atom. The highest BCUT2D eigenvalue weighted by atomic mass is 32.2. The largest absolute Gasteiger partial charge is 0.366 e. The summed E-state index contributed by atoms with van der Waals surface area (Å²) < 4.78 is 2.21. The second kappa shape index (κ2) is 9.81. The van der Waals surface area contributed by atoms with E-state index in [9.17, 15) is 9.59 Å². The summed E-state index contributed by atoms with van der Waals surface area (Å²) in [7, 11) is 0. The fourth-order valence-corrected chi connectivity index (χ4v) is 5.48. The summed E-state index contributed by atoms with van der Waals surface area (Å²) in [5.41, 5.74) is 12.9. The molecule has 3 aromatic rings. The first kappa shape index (κ1) is 23.1. The van der Waals surface area contributed by atoms with Crippen molar-refractivity contribution in [2.75, 3.05) is 0 Å². The maximum atomic E-state index is 13.3. The number of carbonyl (C=O) groups excluding carboxylic acids is 2. The molecule has 1 heterocycles. The standard InChI is InChI=1S/C27H29N3O2S/c1-17-12-18(2)25(19(3)13-17)33-30-16-23-7-5-4-6-22(23)14-24(30)27(32)29-15-20-8-10-21(11-9-20)26(28)31/h4-13,24H,14-16H2,1-3H3,(H2,28,31)(H,29,32). The van der Waals surface area contributed by atoms with Gasteiger partial charge in [-0.25, -0.2) is 4.31 Å². The van der Waals surface area contributed by atoms with E-state index in [1.165, 1.54) is 32.7 Å². The Morgan fingerprint density at radius 2 is 1.64 bits per heavy atom. The second-order valence-electron chi connectivity index (χ2n) is 8.66. The van der Waals surface area contributed by atoms with Gasteiger partial charge in [0.1, 0.15) is 6.04 Å². The molecule has 5 nitrogen and oxygen atoms in total. The van der Waals surface area contributed by atoms with Gasteiger partial charge in [-0.15, -0.1) is 0 Å². The quantitative estimate of drug-likeness (QED) is 0.534. The van der Waals surface area contributed by atoms with Crippen molar-refractivity contribution in [3.8, 4) is 0 Å². The van der Waals surface area contributed by atoms with Crippen molar-refractivity contribution < 1.29 is 9.59 Å². The Kier molecular flexibility index (Phi) is 6.86. The number of nitrogens with zero attached hydrogens (tertiary/aromatic N) is 1. The fourth-order valence-electron chi connectivity index (χ4n) is 4.34. The fraction of sp³-hybridized carbons (Fsp3) is 0.259. The van der Waals surface area contributed by atoms with Crippen LogP contribution in [-0.4, -0.2) is 22.2 Å². The summed E-state index contributed by atoms with van der Waals surface area (Å²) in [5, 5.41) is 3.09. The van der Waals surface area contributed by atoms with Gasteiger partial charge in [-0.1, -0.05) is 54.1 Å². The van der Waals surface area contributed by atoms with Crippen LogP contribution in [0.5, 0.6) is 0 Å². The topological polar surface area (TPSA) is 75.4 Å². The first-order chi connectivity index (χ1) is 15.8. The van der Waals surface area contributed by atoms with Crippen LogP contribution in [-0.2, 0) is 24.3 Å². The zero-order valence-corrected chi connectivity index (χ0v) is 20.0. The van der Waals surface area contributed by atoms with Crippen molar-refractivity contribution in [1.29, 1.82) is 0 Å². The van der Waals surface area contributed by atoms with Gasteiger partial charge < -0.3 is 11.1 Å². The molecule has 170 valence electrons. The van der Waals surface area contributed by atoms with Gasteiger partial charge in [0.15, 0.2) is 0 Å². The Hall–Kier alpha value is -3.09. The van der Waals surface area contributed by atoms with Gasteiger partial charge >= 0.3 is 0 Å². The molecule has 0 spiro atoms. The molecule has 0 saturated heterocycles. The lowest BCUT2D eigenvalue weighted by Gasteiger charge is -2.35. The van der Waals surface area contributed by atoms with Crippen LogP contribution in [0.1, 0.15) is 43.7 Å². The van der Waals surface area contributed by atoms with Crippen molar-refractivity contribution in [1.82, 2.24) is 9.62 Å². The number of nitrogens with one attached hydrogen (secondary N) is 1. The summed E-state index contributed by atoms with van der Waals surface area (Å²) in [5.74, 6) is -0.459. The molecule has 1 atom stereocenters. The lowest BCUT2D eigenvalue weighted by Crippen LogP contribution is -2.47. The van der Waals surface area contributed by atoms with Crippen LogP contribution >= 0.6 is 11.9 Å². The van der Waals surface area contributed by atoms with Crippen LogP contribution in [0.4, 0.5) is 0 Å². The number of carbonyl (C=O) groups is 2. The highest BCUT2D eigenvalue weighted by Crippen LogP contribution is 2.36. The molecule has 3 N–H and O–H groups in total. The Balaban J connectivity index is 1.54. The molecular formula is C27H29N3O2S. The maximum Gasteiger partial charge on any atom is 0.248 e. The molecule has 6 heteroatoms. The van der Waals surface area contributed by atoms with E-state index < -0.39 is 5.91 Å². The van der Waals surface area contributed by atoms with Crippen LogP contribution < -0.4 is 11.1 Å². The Labute approximate surface area is 199 Å². The molecule has 0 bridgehead atoms. The van der Waals surface area contributed by atoms with Crippen molar-refractivity contribution >= 4 is 23.8 Å². The molecule has 2 amide bonds. The van der Waals surface area contributed by atoms with Gasteiger partial charge in [-0.3, -0.25) is 9.59 Å². The number of amides is 2. The third-order valence-corrected chi connectivity index (χ3v) is 7.47. The minimum absolute atomic E-state index is 0.00148. The first-order valence-electron chi connectivity index (χ1n) is 11.1. The summed E-state index contributed by atoms with van der Waals surface area (Å²) >= 11 is 1.67. The number of hydrogen-bond donors (Lipinski definition) is 2. The van der Waals surface area contributed by atoms with E-state index in [0.29, 0.717) is 25.1 Å². The molecular weight excluding hydrogens is 430 g/mol. The van der Waals surface area contributed by atoms with Crippen molar-refractivity contribution in [3.63, 3.8) is 0 Å². The third kappa shape index (κ3) is 5.29. The van der Waals surface area contributed by atoms with E-state index in [-0.39, 0.29) is 11.9 Å². The smallest absolute Gasteiger partial charge is 0.248 e. The molecule has 1 aliphatic rings. The number of nitrogens with two attached hydrogens (primary N) is 1. The van der Waals surface area contributed by atoms with E-state index in [1.54, 1.807) is 24.1 Å². The molecule has 0 aromatic heterocycles. The van der Waals surface area contributed by atoms with Gasteiger partial charge in [-0.2, -0.15) is 0 Å². The summed E-state index contributed by atoms with van der Waals surface area (Å²) in [6.07, 6.45) is 0.666. The summed E-state index contributed by atoms with van der Waals surface area (Å²) in [4.78, 5) is 25.8. The maximum absolute atomic E-state index is 13.3. The number of fused-ring (bicyclic) bond motifs is 1. The number of primary amides is 1. The SMILES string of the molecule is Cc1cc(C)c(SN2Cc3ccccc3CC2C(=O)NCc2ccc(C(N)=O)cc2)c(C)c1. The zero-order chi connectivity index (χ0) is 23.5. The minimum Gasteiger partial charge on any atom is -0.366 e. The molecule has 0 aliphatic carbocycles. The van der Waals surface area contributed by atoms with E-state index in [2.05, 4.69) is 60.7 Å². The molecule has 3 aromatic carbocycles. The van der Waals surface area contributed by atoms with E-state index in [1.807, 2.05) is 18.2 Å². The summed E-state index contributed by atoms with van der Waals surface area (Å²) in [6.45, 7) is 7.48. The number of aryl methyl sites for hydroxylation is 3. The average molecular weight is 460 g/mol. The molecule has 1 aliphatic heterocycles. The van der Waals surface area contributed by atoms with Gasteiger partial charge in [0, 0.05) is 23.5 Å². The molecule has 1 unspecified atom stereocenters. The van der Waals surface area contributed by atoms with Crippen molar-refractivity contribution in [2.24, 2.45) is 5.73 Å². The minimum atomic E-state index is -0.458. The van der Waals surface area contributed by atoms with Crippen molar-refractivity contribution in [2.45, 2.75) is 51.2 Å². The second-order valence-corrected chi connectivity index (χ2v) is 9.72. The lowest BCUT2D eigenvalue weighted by molar-refractivity contribution is -0.125. The number of benzene rings is 3. The van der Waals surface area contributed by atoms with Gasteiger partial charge in [0.25, 0.3) is 0 Å². The van der Waals surface area contributed by atoms with Crippen molar-refractivity contribution in [3.05, 3.63) is 99.6 Å².